The normalized spacial score (nSPS) is 14.1. The molecule has 5 heteroatoms. The number of para-hydroxylation sites is 6. The standard InChI is InChI=1S/C64H39N3O2/c1-4-16-40(17-5-1)41-31-34-52-57(37-41)67-58-39-46(66(44-20-8-3-9-21-44)56-27-15-25-51-49-23-11-13-29-60(49)69-64(51)56)33-35-47(58)54-36-42-30-32-45(38-53(42)61(52)62(54)67)65(43-18-6-2-7-19-43)55-26-14-24-50-48-22-10-12-28-59(48)68-63(50)55/h1-39H/i2D,3D,6D,7D,8D,9D,18D,19D,20D,21D. The van der Waals surface area contributed by atoms with E-state index in [1.165, 1.54) is 0 Å². The van der Waals surface area contributed by atoms with E-state index in [1.807, 2.05) is 140 Å². The number of anilines is 6. The Morgan fingerprint density at radius 2 is 0.913 bits per heavy atom. The highest BCUT2D eigenvalue weighted by atomic mass is 16.3. The summed E-state index contributed by atoms with van der Waals surface area (Å²) in [6.45, 7) is 0. The molecular weight excluding hydrogens is 843 g/mol. The van der Waals surface area contributed by atoms with Crippen LogP contribution in [0, 0.1) is 0 Å². The van der Waals surface area contributed by atoms with E-state index in [0.717, 1.165) is 81.5 Å². The Labute approximate surface area is 409 Å². The fourth-order valence-electron chi connectivity index (χ4n) is 10.7. The molecule has 0 saturated heterocycles. The maximum Gasteiger partial charge on any atom is 0.159 e. The minimum atomic E-state index is -0.501. The van der Waals surface area contributed by atoms with Crippen molar-refractivity contribution in [3.8, 4) is 11.1 Å². The van der Waals surface area contributed by atoms with Crippen molar-refractivity contribution < 1.29 is 22.5 Å². The fraction of sp³-hybridized carbons (Fsp3) is 0. The van der Waals surface area contributed by atoms with Crippen LogP contribution in [0.25, 0.3) is 104 Å². The number of rotatable bonds is 7. The topological polar surface area (TPSA) is 37.2 Å². The average molecular weight is 892 g/mol. The second kappa shape index (κ2) is 14.6. The molecule has 0 atom stereocenters. The molecule has 11 aromatic carbocycles. The van der Waals surface area contributed by atoms with Crippen molar-refractivity contribution in [2.24, 2.45) is 0 Å². The second-order valence-electron chi connectivity index (χ2n) is 17.3. The summed E-state index contributed by atoms with van der Waals surface area (Å²) in [5, 5.41) is 8.77. The number of nitrogens with zero attached hydrogens (tertiary/aromatic N) is 3. The Hall–Kier alpha value is -9.32. The number of fused-ring (bicyclic) bond motifs is 14. The Morgan fingerprint density at radius 3 is 1.57 bits per heavy atom. The molecule has 0 fully saturated rings. The van der Waals surface area contributed by atoms with Crippen LogP contribution in [0.2, 0.25) is 0 Å². The summed E-state index contributed by atoms with van der Waals surface area (Å²) in [5.41, 5.74) is 8.78. The molecule has 0 N–H and O–H groups in total. The monoisotopic (exact) mass is 891 g/mol. The highest BCUT2D eigenvalue weighted by molar-refractivity contribution is 6.32. The van der Waals surface area contributed by atoms with E-state index in [-0.39, 0.29) is 35.5 Å². The molecule has 0 amide bonds. The molecule has 0 saturated carbocycles. The molecule has 4 heterocycles. The van der Waals surface area contributed by atoms with Crippen molar-refractivity contribution in [3.63, 3.8) is 0 Å². The Morgan fingerprint density at radius 1 is 0.362 bits per heavy atom. The Balaban J connectivity index is 1.04. The van der Waals surface area contributed by atoms with Gasteiger partial charge in [-0.1, -0.05) is 152 Å². The van der Waals surface area contributed by atoms with Crippen LogP contribution in [0.4, 0.5) is 34.1 Å². The summed E-state index contributed by atoms with van der Waals surface area (Å²) in [7, 11) is 0. The van der Waals surface area contributed by atoms with Crippen molar-refractivity contribution in [2.45, 2.75) is 0 Å². The van der Waals surface area contributed by atoms with Crippen molar-refractivity contribution >= 4 is 127 Å². The summed E-state index contributed by atoms with van der Waals surface area (Å²) in [6, 6.07) is 52.9. The van der Waals surface area contributed by atoms with Gasteiger partial charge >= 0.3 is 0 Å². The number of benzene rings is 11. The summed E-state index contributed by atoms with van der Waals surface area (Å²) < 4.78 is 105. The average Bonchev–Trinajstić information content (AvgIpc) is 2.62. The van der Waals surface area contributed by atoms with Gasteiger partial charge in [-0.05, 0) is 107 Å². The van der Waals surface area contributed by atoms with Gasteiger partial charge in [0, 0.05) is 65.8 Å². The molecule has 15 rings (SSSR count). The zero-order valence-electron chi connectivity index (χ0n) is 46.4. The third-order valence-corrected chi connectivity index (χ3v) is 13.6. The van der Waals surface area contributed by atoms with Crippen LogP contribution in [0.3, 0.4) is 0 Å². The van der Waals surface area contributed by atoms with Gasteiger partial charge in [0.1, 0.15) is 11.2 Å². The van der Waals surface area contributed by atoms with Gasteiger partial charge in [0.2, 0.25) is 0 Å². The third kappa shape index (κ3) is 5.59. The van der Waals surface area contributed by atoms with Gasteiger partial charge < -0.3 is 23.0 Å². The van der Waals surface area contributed by atoms with E-state index in [4.69, 9.17) is 17.1 Å². The first-order valence-electron chi connectivity index (χ1n) is 27.7. The SMILES string of the molecule is [2H]c1c([2H])c([2H])c(N(c2ccc3cc4c5ccc(N(c6c([2H])c([2H])c([2H])c([2H])c6[2H])c6cccc7c6oc6ccccc67)cc5n5c6cc(-c7ccccc7)ccc6c(c3c2)c45)c2cccc3c2oc2ccccc23)c([2H])c1[2H]. The van der Waals surface area contributed by atoms with Gasteiger partial charge in [-0.25, -0.2) is 0 Å². The minimum Gasteiger partial charge on any atom is -0.454 e. The van der Waals surface area contributed by atoms with Crippen molar-refractivity contribution in [1.82, 2.24) is 4.40 Å². The highest BCUT2D eigenvalue weighted by Gasteiger charge is 2.26. The number of hydrogen-bond donors (Lipinski definition) is 0. The van der Waals surface area contributed by atoms with Crippen LogP contribution in [0.1, 0.15) is 13.7 Å². The molecule has 15 aromatic rings. The van der Waals surface area contributed by atoms with Gasteiger partial charge in [0.15, 0.2) is 11.2 Å². The van der Waals surface area contributed by atoms with E-state index < -0.39 is 36.3 Å². The Kier molecular flexibility index (Phi) is 6.20. The molecular formula is C64H39N3O2. The first-order valence-corrected chi connectivity index (χ1v) is 22.7. The lowest BCUT2D eigenvalue weighted by molar-refractivity contribution is 0.668. The predicted molar refractivity (Wildman–Crippen MR) is 288 cm³/mol. The lowest BCUT2D eigenvalue weighted by Crippen LogP contribution is -2.10. The van der Waals surface area contributed by atoms with Crippen LogP contribution < -0.4 is 9.80 Å². The predicted octanol–water partition coefficient (Wildman–Crippen LogP) is 18.4. The highest BCUT2D eigenvalue weighted by Crippen LogP contribution is 2.49. The van der Waals surface area contributed by atoms with Gasteiger partial charge in [0.25, 0.3) is 0 Å². The van der Waals surface area contributed by atoms with Crippen molar-refractivity contribution in [1.29, 1.82) is 0 Å². The van der Waals surface area contributed by atoms with Gasteiger partial charge in [0.05, 0.1) is 41.6 Å². The molecule has 5 nitrogen and oxygen atoms in total. The molecule has 0 unspecified atom stereocenters. The summed E-state index contributed by atoms with van der Waals surface area (Å²) in [6.07, 6.45) is 0. The smallest absolute Gasteiger partial charge is 0.159 e. The van der Waals surface area contributed by atoms with E-state index in [2.05, 4.69) is 40.8 Å². The van der Waals surface area contributed by atoms with Gasteiger partial charge in [-0.3, -0.25) is 0 Å². The molecule has 0 radical (unpaired) electrons. The lowest BCUT2D eigenvalue weighted by atomic mass is 9.97. The fourth-order valence-corrected chi connectivity index (χ4v) is 10.7. The van der Waals surface area contributed by atoms with Crippen LogP contribution in [-0.4, -0.2) is 4.40 Å². The maximum atomic E-state index is 9.37. The molecule has 0 bridgehead atoms. The van der Waals surface area contributed by atoms with Gasteiger partial charge in [-0.2, -0.15) is 0 Å². The molecule has 0 spiro atoms. The van der Waals surface area contributed by atoms with Crippen LogP contribution in [-0.2, 0) is 0 Å². The van der Waals surface area contributed by atoms with Crippen LogP contribution in [0.15, 0.2) is 245 Å². The molecule has 0 aliphatic heterocycles. The molecule has 0 aliphatic rings. The number of aromatic nitrogens is 1. The van der Waals surface area contributed by atoms with Crippen LogP contribution in [0.5, 0.6) is 0 Å². The van der Waals surface area contributed by atoms with Crippen molar-refractivity contribution in [3.05, 3.63) is 236 Å². The first-order chi connectivity index (χ1) is 38.4. The second-order valence-corrected chi connectivity index (χ2v) is 17.3. The Bertz CT molecular complexity index is 5070. The van der Waals surface area contributed by atoms with E-state index >= 15 is 0 Å². The first kappa shape index (κ1) is 29.3. The molecule has 69 heavy (non-hydrogen) atoms. The summed E-state index contributed by atoms with van der Waals surface area (Å²) in [5.74, 6) is 0. The van der Waals surface area contributed by atoms with Crippen molar-refractivity contribution in [2.75, 3.05) is 9.80 Å². The zero-order valence-corrected chi connectivity index (χ0v) is 36.4. The van der Waals surface area contributed by atoms with E-state index in [9.17, 15) is 5.48 Å². The maximum absolute atomic E-state index is 9.37. The van der Waals surface area contributed by atoms with Gasteiger partial charge in [-0.15, -0.1) is 0 Å². The molecule has 4 aromatic heterocycles. The number of furan rings is 2. The largest absolute Gasteiger partial charge is 0.454 e. The van der Waals surface area contributed by atoms with Crippen LogP contribution >= 0.6 is 0 Å². The molecule has 0 aliphatic carbocycles. The summed E-state index contributed by atoms with van der Waals surface area (Å²) >= 11 is 0. The third-order valence-electron chi connectivity index (χ3n) is 13.6. The van der Waals surface area contributed by atoms with E-state index in [1.54, 1.807) is 9.80 Å². The minimum absolute atomic E-state index is 0.0349. The lowest BCUT2D eigenvalue weighted by Gasteiger charge is -2.26. The van der Waals surface area contributed by atoms with E-state index in [0.29, 0.717) is 45.1 Å². The molecule has 322 valence electrons. The summed E-state index contributed by atoms with van der Waals surface area (Å²) in [4.78, 5) is 3.43. The number of hydrogen-bond acceptors (Lipinski definition) is 4. The zero-order chi connectivity index (χ0) is 53.9. The quantitative estimate of drug-likeness (QED) is 0.160.